The molecule has 3 amide bonds. The van der Waals surface area contributed by atoms with Gasteiger partial charge in [-0.05, 0) is 13.8 Å². The summed E-state index contributed by atoms with van der Waals surface area (Å²) in [5, 5.41) is 11.8. The third-order valence-electron chi connectivity index (χ3n) is 2.51. The summed E-state index contributed by atoms with van der Waals surface area (Å²) in [4.78, 5) is 29.0. The van der Waals surface area contributed by atoms with E-state index in [-0.39, 0.29) is 11.8 Å². The van der Waals surface area contributed by atoms with Crippen LogP contribution >= 0.6 is 11.3 Å². The number of nitrogens with one attached hydrogen (secondary N) is 1. The molecule has 0 saturated carbocycles. The minimum atomic E-state index is -0.725. The average molecular weight is 295 g/mol. The quantitative estimate of drug-likeness (QED) is 0.914. The van der Waals surface area contributed by atoms with Crippen molar-refractivity contribution in [2.45, 2.75) is 13.8 Å². The zero-order chi connectivity index (χ0) is 14.5. The van der Waals surface area contributed by atoms with Crippen LogP contribution in [0.15, 0.2) is 16.0 Å². The van der Waals surface area contributed by atoms with Gasteiger partial charge in [0.15, 0.2) is 5.01 Å². The Hall–Kier alpha value is -2.29. The van der Waals surface area contributed by atoms with Crippen molar-refractivity contribution in [1.29, 1.82) is 0 Å². The number of amides is 3. The minimum absolute atomic E-state index is 0.153. The Morgan fingerprint density at radius 1 is 1.35 bits per heavy atom. The van der Waals surface area contributed by atoms with Gasteiger partial charge in [-0.15, -0.1) is 21.5 Å². The number of thiazole rings is 1. The Labute approximate surface area is 118 Å². The van der Waals surface area contributed by atoms with Crippen LogP contribution in [0.2, 0.25) is 0 Å². The monoisotopic (exact) mass is 295 g/mol. The van der Waals surface area contributed by atoms with Gasteiger partial charge in [-0.1, -0.05) is 0 Å². The van der Waals surface area contributed by atoms with Crippen molar-refractivity contribution in [3.8, 4) is 10.9 Å². The molecule has 20 heavy (non-hydrogen) atoms. The van der Waals surface area contributed by atoms with E-state index in [1.807, 2.05) is 13.8 Å². The summed E-state index contributed by atoms with van der Waals surface area (Å²) in [6, 6.07) is -0.492. The van der Waals surface area contributed by atoms with Crippen molar-refractivity contribution < 1.29 is 14.0 Å². The highest BCUT2D eigenvalue weighted by molar-refractivity contribution is 7.12. The SMILES string of the molecule is CCN(CC)C(=O)NC(=O)c1nnc(-c2nccs2)o1. The maximum Gasteiger partial charge on any atom is 0.324 e. The molecular weight excluding hydrogens is 282 g/mol. The van der Waals surface area contributed by atoms with Gasteiger partial charge in [0.1, 0.15) is 0 Å². The van der Waals surface area contributed by atoms with E-state index in [4.69, 9.17) is 4.42 Å². The van der Waals surface area contributed by atoms with E-state index >= 15 is 0 Å². The first-order valence-corrected chi connectivity index (χ1v) is 6.87. The highest BCUT2D eigenvalue weighted by Crippen LogP contribution is 2.19. The molecule has 0 unspecified atom stereocenters. The maximum absolute atomic E-state index is 11.8. The normalized spacial score (nSPS) is 10.3. The van der Waals surface area contributed by atoms with Crippen molar-refractivity contribution in [2.24, 2.45) is 0 Å². The topological polar surface area (TPSA) is 101 Å². The largest absolute Gasteiger partial charge is 0.410 e. The molecule has 0 atom stereocenters. The number of hydrogen-bond acceptors (Lipinski definition) is 7. The lowest BCUT2D eigenvalue weighted by molar-refractivity contribution is 0.0919. The van der Waals surface area contributed by atoms with Crippen LogP contribution in [-0.4, -0.2) is 45.1 Å². The minimum Gasteiger partial charge on any atom is -0.410 e. The zero-order valence-electron chi connectivity index (χ0n) is 11.0. The van der Waals surface area contributed by atoms with Crippen LogP contribution in [0.5, 0.6) is 0 Å². The number of imide groups is 1. The van der Waals surface area contributed by atoms with Crippen LogP contribution < -0.4 is 5.32 Å². The molecule has 2 aromatic heterocycles. The molecule has 0 aliphatic carbocycles. The van der Waals surface area contributed by atoms with Crippen molar-refractivity contribution >= 4 is 23.3 Å². The summed E-state index contributed by atoms with van der Waals surface area (Å²) in [6.07, 6.45) is 1.59. The van der Waals surface area contributed by atoms with Crippen LogP contribution in [-0.2, 0) is 0 Å². The third kappa shape index (κ3) is 2.99. The number of nitrogens with zero attached hydrogens (tertiary/aromatic N) is 4. The first kappa shape index (κ1) is 14.1. The number of hydrogen-bond donors (Lipinski definition) is 1. The Bertz CT molecular complexity index is 591. The van der Waals surface area contributed by atoms with Crippen molar-refractivity contribution in [1.82, 2.24) is 25.4 Å². The molecular formula is C11H13N5O3S. The lowest BCUT2D eigenvalue weighted by Gasteiger charge is -2.17. The first-order chi connectivity index (χ1) is 9.65. The molecule has 2 aromatic rings. The molecule has 0 spiro atoms. The van der Waals surface area contributed by atoms with Gasteiger partial charge in [0.2, 0.25) is 0 Å². The lowest BCUT2D eigenvalue weighted by atomic mass is 10.5. The summed E-state index contributed by atoms with van der Waals surface area (Å²) >= 11 is 1.31. The highest BCUT2D eigenvalue weighted by atomic mass is 32.1. The molecule has 8 nitrogen and oxygen atoms in total. The van der Waals surface area contributed by atoms with Gasteiger partial charge in [0.05, 0.1) is 0 Å². The molecule has 2 rings (SSSR count). The lowest BCUT2D eigenvalue weighted by Crippen LogP contribution is -2.42. The summed E-state index contributed by atoms with van der Waals surface area (Å²) in [6.45, 7) is 4.65. The van der Waals surface area contributed by atoms with Crippen LogP contribution in [0.25, 0.3) is 10.9 Å². The van der Waals surface area contributed by atoms with Gasteiger partial charge >= 0.3 is 17.8 Å². The second-order valence-electron chi connectivity index (χ2n) is 3.68. The van der Waals surface area contributed by atoms with E-state index in [1.54, 1.807) is 11.6 Å². The van der Waals surface area contributed by atoms with E-state index in [0.29, 0.717) is 18.1 Å². The molecule has 106 valence electrons. The van der Waals surface area contributed by atoms with Gasteiger partial charge in [-0.25, -0.2) is 9.78 Å². The molecule has 0 fully saturated rings. The predicted octanol–water partition coefficient (Wildman–Crippen LogP) is 1.38. The molecule has 1 N–H and O–H groups in total. The fourth-order valence-corrected chi connectivity index (χ4v) is 2.03. The number of carbonyl (C=O) groups excluding carboxylic acids is 2. The van der Waals surface area contributed by atoms with Crippen molar-refractivity contribution in [2.75, 3.05) is 13.1 Å². The molecule has 0 aliphatic rings. The van der Waals surface area contributed by atoms with E-state index < -0.39 is 11.9 Å². The summed E-state index contributed by atoms with van der Waals surface area (Å²) in [5.41, 5.74) is 0. The molecule has 0 bridgehead atoms. The van der Waals surface area contributed by atoms with E-state index in [1.165, 1.54) is 16.2 Å². The zero-order valence-corrected chi connectivity index (χ0v) is 11.8. The Balaban J connectivity index is 2.05. The molecule has 0 radical (unpaired) electrons. The molecule has 0 aromatic carbocycles. The van der Waals surface area contributed by atoms with Crippen LogP contribution in [0.1, 0.15) is 24.5 Å². The fourth-order valence-electron chi connectivity index (χ4n) is 1.47. The van der Waals surface area contributed by atoms with Gasteiger partial charge in [0, 0.05) is 24.7 Å². The van der Waals surface area contributed by atoms with Crippen LogP contribution in [0.3, 0.4) is 0 Å². The van der Waals surface area contributed by atoms with Crippen molar-refractivity contribution in [3.63, 3.8) is 0 Å². The molecule has 9 heteroatoms. The third-order valence-corrected chi connectivity index (χ3v) is 3.27. The van der Waals surface area contributed by atoms with Gasteiger partial charge in [-0.3, -0.25) is 10.1 Å². The number of carbonyl (C=O) groups is 2. The van der Waals surface area contributed by atoms with Crippen LogP contribution in [0.4, 0.5) is 4.79 Å². The highest BCUT2D eigenvalue weighted by Gasteiger charge is 2.20. The van der Waals surface area contributed by atoms with Crippen LogP contribution in [0, 0.1) is 0 Å². The Morgan fingerprint density at radius 3 is 2.70 bits per heavy atom. The number of urea groups is 1. The maximum atomic E-state index is 11.8. The fraction of sp³-hybridized carbons (Fsp3) is 0.364. The molecule has 0 aliphatic heterocycles. The predicted molar refractivity (Wildman–Crippen MR) is 71.2 cm³/mol. The summed E-state index contributed by atoms with van der Waals surface area (Å²) in [7, 11) is 0. The van der Waals surface area contributed by atoms with Gasteiger partial charge in [-0.2, -0.15) is 0 Å². The summed E-state index contributed by atoms with van der Waals surface area (Å²) in [5.74, 6) is -0.839. The Kier molecular flexibility index (Phi) is 4.41. The number of rotatable bonds is 4. The first-order valence-electron chi connectivity index (χ1n) is 5.99. The number of aromatic nitrogens is 3. The smallest absolute Gasteiger partial charge is 0.324 e. The summed E-state index contributed by atoms with van der Waals surface area (Å²) < 4.78 is 5.18. The van der Waals surface area contributed by atoms with E-state index in [0.717, 1.165) is 0 Å². The van der Waals surface area contributed by atoms with Crippen molar-refractivity contribution in [3.05, 3.63) is 17.5 Å². The van der Waals surface area contributed by atoms with Gasteiger partial charge in [0.25, 0.3) is 5.89 Å². The van der Waals surface area contributed by atoms with Gasteiger partial charge < -0.3 is 9.32 Å². The second-order valence-corrected chi connectivity index (χ2v) is 4.58. The Morgan fingerprint density at radius 2 is 2.10 bits per heavy atom. The van der Waals surface area contributed by atoms with E-state index in [2.05, 4.69) is 20.5 Å². The molecule has 2 heterocycles. The average Bonchev–Trinajstić information content (AvgIpc) is 3.11. The second kappa shape index (κ2) is 6.24. The van der Waals surface area contributed by atoms with E-state index in [9.17, 15) is 9.59 Å². The standard InChI is InChI=1S/C11H13N5O3S/c1-3-16(4-2)11(18)13-7(17)8-14-15-9(19-8)10-12-5-6-20-10/h5-6H,3-4H2,1-2H3,(H,13,17,18). The molecule has 0 saturated heterocycles.